The van der Waals surface area contributed by atoms with Gasteiger partial charge < -0.3 is 10.1 Å². The van der Waals surface area contributed by atoms with E-state index in [0.29, 0.717) is 18.2 Å². The second-order valence-electron chi connectivity index (χ2n) is 4.20. The first-order valence-electron chi connectivity index (χ1n) is 6.33. The molecule has 0 saturated carbocycles. The SMILES string of the molecule is CCCNCc1cnc(Oc2ccc(Cl)c(F)c2)cn1. The molecule has 6 heteroatoms. The molecule has 0 radical (unpaired) electrons. The molecular formula is C14H15ClFN3O. The quantitative estimate of drug-likeness (QED) is 0.828. The average Bonchev–Trinajstić information content (AvgIpc) is 2.45. The topological polar surface area (TPSA) is 47.0 Å². The van der Waals surface area contributed by atoms with E-state index >= 15 is 0 Å². The predicted molar refractivity (Wildman–Crippen MR) is 75.5 cm³/mol. The van der Waals surface area contributed by atoms with Crippen LogP contribution in [-0.4, -0.2) is 16.5 Å². The molecule has 0 aliphatic heterocycles. The zero-order valence-electron chi connectivity index (χ0n) is 11.1. The fourth-order valence-corrected chi connectivity index (χ4v) is 1.66. The van der Waals surface area contributed by atoms with Gasteiger partial charge in [-0.25, -0.2) is 9.37 Å². The molecule has 1 N–H and O–H groups in total. The predicted octanol–water partition coefficient (Wildman–Crippen LogP) is 3.56. The van der Waals surface area contributed by atoms with E-state index in [0.717, 1.165) is 18.7 Å². The molecule has 1 aromatic heterocycles. The number of hydrogen-bond acceptors (Lipinski definition) is 4. The fourth-order valence-electron chi connectivity index (χ4n) is 1.54. The molecule has 1 aromatic carbocycles. The molecule has 20 heavy (non-hydrogen) atoms. The molecule has 2 aromatic rings. The standard InChI is InChI=1S/C14H15ClFN3O/c1-2-5-17-7-10-8-19-14(9-18-10)20-11-3-4-12(15)13(16)6-11/h3-4,6,8-9,17H,2,5,7H2,1H3. The zero-order chi connectivity index (χ0) is 14.4. The normalized spacial score (nSPS) is 10.6. The molecule has 0 aliphatic rings. The Balaban J connectivity index is 1.97. The summed E-state index contributed by atoms with van der Waals surface area (Å²) in [4.78, 5) is 8.34. The van der Waals surface area contributed by atoms with Crippen molar-refractivity contribution in [1.29, 1.82) is 0 Å². The maximum atomic E-state index is 13.3. The van der Waals surface area contributed by atoms with Crippen LogP contribution in [0, 0.1) is 5.82 Å². The number of aromatic nitrogens is 2. The van der Waals surface area contributed by atoms with Gasteiger partial charge in [0.1, 0.15) is 11.6 Å². The van der Waals surface area contributed by atoms with Crippen LogP contribution >= 0.6 is 11.6 Å². The van der Waals surface area contributed by atoms with Crippen molar-refractivity contribution in [3.05, 3.63) is 47.1 Å². The highest BCUT2D eigenvalue weighted by molar-refractivity contribution is 6.30. The zero-order valence-corrected chi connectivity index (χ0v) is 11.8. The Labute approximate surface area is 122 Å². The summed E-state index contributed by atoms with van der Waals surface area (Å²) in [7, 11) is 0. The highest BCUT2D eigenvalue weighted by Crippen LogP contribution is 2.23. The Kier molecular flexibility index (Phi) is 5.26. The summed E-state index contributed by atoms with van der Waals surface area (Å²) in [6, 6.07) is 4.22. The number of hydrogen-bond donors (Lipinski definition) is 1. The van der Waals surface area contributed by atoms with Crippen molar-refractivity contribution in [3.63, 3.8) is 0 Å². The summed E-state index contributed by atoms with van der Waals surface area (Å²) in [5.74, 6) is 0.113. The summed E-state index contributed by atoms with van der Waals surface area (Å²) < 4.78 is 18.7. The molecule has 0 atom stereocenters. The first-order chi connectivity index (χ1) is 9.69. The van der Waals surface area contributed by atoms with Crippen LogP contribution in [0.3, 0.4) is 0 Å². The van der Waals surface area contributed by atoms with Gasteiger partial charge in [-0.15, -0.1) is 0 Å². The molecule has 0 unspecified atom stereocenters. The number of rotatable bonds is 6. The van der Waals surface area contributed by atoms with E-state index in [1.165, 1.54) is 18.3 Å². The Morgan fingerprint density at radius 3 is 2.80 bits per heavy atom. The molecule has 0 amide bonds. The van der Waals surface area contributed by atoms with Crippen LogP contribution in [0.5, 0.6) is 11.6 Å². The van der Waals surface area contributed by atoms with Crippen molar-refractivity contribution in [2.75, 3.05) is 6.54 Å². The molecule has 4 nitrogen and oxygen atoms in total. The Bertz CT molecular complexity index is 563. The lowest BCUT2D eigenvalue weighted by Crippen LogP contribution is -2.14. The molecule has 1 heterocycles. The smallest absolute Gasteiger partial charge is 0.237 e. The fraction of sp³-hybridized carbons (Fsp3) is 0.286. The van der Waals surface area contributed by atoms with E-state index in [9.17, 15) is 4.39 Å². The third-order valence-electron chi connectivity index (χ3n) is 2.53. The second-order valence-corrected chi connectivity index (χ2v) is 4.61. The minimum Gasteiger partial charge on any atom is -0.437 e. The number of nitrogens with zero attached hydrogens (tertiary/aromatic N) is 2. The van der Waals surface area contributed by atoms with Gasteiger partial charge in [0, 0.05) is 12.6 Å². The molecule has 0 fully saturated rings. The maximum absolute atomic E-state index is 13.3. The van der Waals surface area contributed by atoms with Crippen molar-refractivity contribution in [2.24, 2.45) is 0 Å². The third-order valence-corrected chi connectivity index (χ3v) is 2.83. The molecule has 0 saturated heterocycles. The van der Waals surface area contributed by atoms with Crippen LogP contribution in [-0.2, 0) is 6.54 Å². The van der Waals surface area contributed by atoms with Crippen molar-refractivity contribution in [3.8, 4) is 11.6 Å². The largest absolute Gasteiger partial charge is 0.437 e. The first-order valence-corrected chi connectivity index (χ1v) is 6.71. The van der Waals surface area contributed by atoms with Crippen LogP contribution in [0.4, 0.5) is 4.39 Å². The Morgan fingerprint density at radius 2 is 2.15 bits per heavy atom. The monoisotopic (exact) mass is 295 g/mol. The van der Waals surface area contributed by atoms with Gasteiger partial charge in [-0.2, -0.15) is 0 Å². The van der Waals surface area contributed by atoms with Crippen molar-refractivity contribution in [1.82, 2.24) is 15.3 Å². The number of halogens is 2. The highest BCUT2D eigenvalue weighted by atomic mass is 35.5. The number of ether oxygens (including phenoxy) is 1. The summed E-state index contributed by atoms with van der Waals surface area (Å²) >= 11 is 5.60. The van der Waals surface area contributed by atoms with Gasteiger partial charge in [0.15, 0.2) is 0 Å². The van der Waals surface area contributed by atoms with E-state index in [1.807, 2.05) is 0 Å². The lowest BCUT2D eigenvalue weighted by Gasteiger charge is -2.06. The molecular weight excluding hydrogens is 281 g/mol. The van der Waals surface area contributed by atoms with Crippen LogP contribution in [0.15, 0.2) is 30.6 Å². The molecule has 0 bridgehead atoms. The molecule has 106 valence electrons. The van der Waals surface area contributed by atoms with E-state index in [2.05, 4.69) is 22.2 Å². The summed E-state index contributed by atoms with van der Waals surface area (Å²) in [5, 5.41) is 3.28. The van der Waals surface area contributed by atoms with Crippen LogP contribution in [0.25, 0.3) is 0 Å². The summed E-state index contributed by atoms with van der Waals surface area (Å²) in [6.45, 7) is 3.70. The first kappa shape index (κ1) is 14.7. The molecule has 0 aliphatic carbocycles. The summed E-state index contributed by atoms with van der Waals surface area (Å²) in [6.07, 6.45) is 4.20. The number of benzene rings is 1. The highest BCUT2D eigenvalue weighted by Gasteiger charge is 2.04. The van der Waals surface area contributed by atoms with Crippen LogP contribution in [0.2, 0.25) is 5.02 Å². The van der Waals surface area contributed by atoms with Gasteiger partial charge in [-0.3, -0.25) is 4.98 Å². The van der Waals surface area contributed by atoms with Crippen molar-refractivity contribution in [2.45, 2.75) is 19.9 Å². The average molecular weight is 296 g/mol. The minimum absolute atomic E-state index is 0.0563. The van der Waals surface area contributed by atoms with Crippen molar-refractivity contribution >= 4 is 11.6 Å². The van der Waals surface area contributed by atoms with Gasteiger partial charge in [0.25, 0.3) is 0 Å². The lowest BCUT2D eigenvalue weighted by atomic mass is 10.3. The van der Waals surface area contributed by atoms with E-state index in [4.69, 9.17) is 16.3 Å². The maximum Gasteiger partial charge on any atom is 0.237 e. The molecule has 0 spiro atoms. The minimum atomic E-state index is -0.530. The van der Waals surface area contributed by atoms with Crippen LogP contribution < -0.4 is 10.1 Å². The second kappa shape index (κ2) is 7.17. The Hall–Kier alpha value is -1.72. The summed E-state index contributed by atoms with van der Waals surface area (Å²) in [5.41, 5.74) is 0.827. The number of nitrogens with one attached hydrogen (secondary N) is 1. The van der Waals surface area contributed by atoms with Gasteiger partial charge in [-0.05, 0) is 25.1 Å². The van der Waals surface area contributed by atoms with Gasteiger partial charge in [-0.1, -0.05) is 18.5 Å². The Morgan fingerprint density at radius 1 is 1.30 bits per heavy atom. The van der Waals surface area contributed by atoms with E-state index < -0.39 is 5.82 Å². The third kappa shape index (κ3) is 4.15. The van der Waals surface area contributed by atoms with Gasteiger partial charge in [0.05, 0.1) is 23.1 Å². The van der Waals surface area contributed by atoms with E-state index in [1.54, 1.807) is 12.3 Å². The van der Waals surface area contributed by atoms with Gasteiger partial charge >= 0.3 is 0 Å². The van der Waals surface area contributed by atoms with Gasteiger partial charge in [0.2, 0.25) is 5.88 Å². The van der Waals surface area contributed by atoms with Crippen molar-refractivity contribution < 1.29 is 9.13 Å². The lowest BCUT2D eigenvalue weighted by molar-refractivity contribution is 0.454. The van der Waals surface area contributed by atoms with E-state index in [-0.39, 0.29) is 5.02 Å². The molecule has 2 rings (SSSR count). The van der Waals surface area contributed by atoms with Crippen LogP contribution in [0.1, 0.15) is 19.0 Å².